The van der Waals surface area contributed by atoms with Crippen molar-refractivity contribution in [2.75, 3.05) is 6.54 Å². The molecule has 1 saturated heterocycles. The molecule has 4 nitrogen and oxygen atoms in total. The highest BCUT2D eigenvalue weighted by Gasteiger charge is 2.31. The van der Waals surface area contributed by atoms with Gasteiger partial charge in [-0.05, 0) is 30.2 Å². The number of thiocarbonyl (C=S) groups is 1. The van der Waals surface area contributed by atoms with Crippen molar-refractivity contribution in [3.63, 3.8) is 0 Å². The van der Waals surface area contributed by atoms with E-state index in [1.807, 2.05) is 6.92 Å². The minimum Gasteiger partial charge on any atom is -0.478 e. The topological polar surface area (TPSA) is 57.6 Å². The molecule has 1 aliphatic heterocycles. The van der Waals surface area contributed by atoms with Crippen LogP contribution in [0.1, 0.15) is 29.3 Å². The van der Waals surface area contributed by atoms with Crippen molar-refractivity contribution < 1.29 is 14.7 Å². The molecule has 0 atom stereocenters. The summed E-state index contributed by atoms with van der Waals surface area (Å²) >= 11 is 6.43. The Kier molecular flexibility index (Phi) is 4.57. The quantitative estimate of drug-likeness (QED) is 0.684. The van der Waals surface area contributed by atoms with Gasteiger partial charge in [-0.1, -0.05) is 43.0 Å². The smallest absolute Gasteiger partial charge is 0.335 e. The summed E-state index contributed by atoms with van der Waals surface area (Å²) in [6, 6.07) is 6.47. The molecule has 1 heterocycles. The molecule has 0 bridgehead atoms. The summed E-state index contributed by atoms with van der Waals surface area (Å²) in [5, 5.41) is 8.95. The van der Waals surface area contributed by atoms with Crippen LogP contribution in [0.3, 0.4) is 0 Å². The van der Waals surface area contributed by atoms with Crippen LogP contribution in [0.2, 0.25) is 0 Å². The van der Waals surface area contributed by atoms with E-state index < -0.39 is 5.97 Å². The number of nitrogens with zero attached hydrogens (tertiary/aromatic N) is 1. The Balaban J connectivity index is 2.28. The first kappa shape index (κ1) is 14.7. The van der Waals surface area contributed by atoms with E-state index >= 15 is 0 Å². The van der Waals surface area contributed by atoms with E-state index in [1.165, 1.54) is 23.9 Å². The van der Waals surface area contributed by atoms with Gasteiger partial charge in [0.2, 0.25) is 0 Å². The number of hydrogen-bond donors (Lipinski definition) is 1. The highest BCUT2D eigenvalue weighted by atomic mass is 32.2. The maximum atomic E-state index is 12.2. The van der Waals surface area contributed by atoms with E-state index in [9.17, 15) is 9.59 Å². The third kappa shape index (κ3) is 3.08. The average Bonchev–Trinajstić information content (AvgIpc) is 2.67. The van der Waals surface area contributed by atoms with Gasteiger partial charge >= 0.3 is 5.97 Å². The van der Waals surface area contributed by atoms with Crippen LogP contribution < -0.4 is 0 Å². The van der Waals surface area contributed by atoms with Crippen LogP contribution in [0.5, 0.6) is 0 Å². The van der Waals surface area contributed by atoms with Crippen LogP contribution in [0, 0.1) is 0 Å². The number of hydrogen-bond acceptors (Lipinski definition) is 4. The Morgan fingerprint density at radius 2 is 2.25 bits per heavy atom. The molecule has 0 aromatic heterocycles. The van der Waals surface area contributed by atoms with Gasteiger partial charge in [-0.25, -0.2) is 4.79 Å². The first-order valence-corrected chi connectivity index (χ1v) is 7.34. The van der Waals surface area contributed by atoms with Crippen molar-refractivity contribution in [1.29, 1.82) is 0 Å². The molecule has 6 heteroatoms. The standard InChI is InChI=1S/C14H13NO3S2/c1-2-6-15-12(16)11(20-14(15)19)8-9-4-3-5-10(7-9)13(17)18/h3-5,7-8H,2,6H2,1H3,(H,17,18)/b11-8+. The summed E-state index contributed by atoms with van der Waals surface area (Å²) in [6.07, 6.45) is 2.52. The Bertz CT molecular complexity index is 610. The number of benzene rings is 1. The lowest BCUT2D eigenvalue weighted by atomic mass is 10.1. The van der Waals surface area contributed by atoms with Gasteiger partial charge in [-0.15, -0.1) is 0 Å². The van der Waals surface area contributed by atoms with E-state index in [1.54, 1.807) is 23.1 Å². The Morgan fingerprint density at radius 3 is 2.90 bits per heavy atom. The molecule has 1 aromatic rings. The van der Waals surface area contributed by atoms with E-state index in [2.05, 4.69) is 0 Å². The van der Waals surface area contributed by atoms with Crippen molar-refractivity contribution >= 4 is 46.3 Å². The van der Waals surface area contributed by atoms with Crippen LogP contribution in [0.25, 0.3) is 6.08 Å². The van der Waals surface area contributed by atoms with E-state index in [0.29, 0.717) is 21.3 Å². The molecule has 0 unspecified atom stereocenters. The molecule has 20 heavy (non-hydrogen) atoms. The number of carbonyl (C=O) groups excluding carboxylic acids is 1. The van der Waals surface area contributed by atoms with Gasteiger partial charge in [0.25, 0.3) is 5.91 Å². The fraction of sp³-hybridized carbons (Fsp3) is 0.214. The molecular weight excluding hydrogens is 294 g/mol. The lowest BCUT2D eigenvalue weighted by Gasteiger charge is -2.11. The van der Waals surface area contributed by atoms with Crippen LogP contribution in [0.4, 0.5) is 0 Å². The average molecular weight is 307 g/mol. The fourth-order valence-corrected chi connectivity index (χ4v) is 3.14. The minimum atomic E-state index is -0.987. The van der Waals surface area contributed by atoms with Crippen molar-refractivity contribution in [3.05, 3.63) is 40.3 Å². The van der Waals surface area contributed by atoms with Gasteiger partial charge in [-0.3, -0.25) is 9.69 Å². The van der Waals surface area contributed by atoms with Crippen LogP contribution >= 0.6 is 24.0 Å². The molecule has 1 fully saturated rings. The summed E-state index contributed by atoms with van der Waals surface area (Å²) in [7, 11) is 0. The zero-order valence-electron chi connectivity index (χ0n) is 10.8. The van der Waals surface area contributed by atoms with Crippen molar-refractivity contribution in [2.45, 2.75) is 13.3 Å². The molecule has 1 N–H and O–H groups in total. The largest absolute Gasteiger partial charge is 0.478 e. The highest BCUT2D eigenvalue weighted by molar-refractivity contribution is 8.26. The van der Waals surface area contributed by atoms with Crippen LogP contribution in [-0.2, 0) is 4.79 Å². The molecule has 0 aliphatic carbocycles. The summed E-state index contributed by atoms with van der Waals surface area (Å²) < 4.78 is 0.553. The number of amides is 1. The molecule has 104 valence electrons. The third-order valence-corrected chi connectivity index (χ3v) is 4.13. The van der Waals surface area contributed by atoms with Crippen molar-refractivity contribution in [1.82, 2.24) is 4.90 Å². The monoisotopic (exact) mass is 307 g/mol. The maximum Gasteiger partial charge on any atom is 0.335 e. The van der Waals surface area contributed by atoms with Crippen LogP contribution in [0.15, 0.2) is 29.2 Å². The predicted molar refractivity (Wildman–Crippen MR) is 83.6 cm³/mol. The Hall–Kier alpha value is -1.66. The van der Waals surface area contributed by atoms with Gasteiger partial charge in [0.1, 0.15) is 4.32 Å². The lowest BCUT2D eigenvalue weighted by molar-refractivity contribution is -0.122. The number of rotatable bonds is 4. The van der Waals surface area contributed by atoms with Gasteiger partial charge in [0.15, 0.2) is 0 Å². The molecule has 0 radical (unpaired) electrons. The van der Waals surface area contributed by atoms with Crippen molar-refractivity contribution in [2.24, 2.45) is 0 Å². The number of thioether (sulfide) groups is 1. The number of carboxylic acid groups (broad SMARTS) is 1. The minimum absolute atomic E-state index is 0.109. The lowest BCUT2D eigenvalue weighted by Crippen LogP contribution is -2.28. The highest BCUT2D eigenvalue weighted by Crippen LogP contribution is 2.32. The zero-order chi connectivity index (χ0) is 14.7. The first-order chi connectivity index (χ1) is 9.52. The fourth-order valence-electron chi connectivity index (χ4n) is 1.83. The summed E-state index contributed by atoms with van der Waals surface area (Å²) in [5.74, 6) is -1.10. The molecule has 0 spiro atoms. The summed E-state index contributed by atoms with van der Waals surface area (Å²) in [6.45, 7) is 2.59. The van der Waals surface area contributed by atoms with Gasteiger partial charge < -0.3 is 5.11 Å². The SMILES string of the molecule is CCCN1C(=O)/C(=C\c2cccc(C(=O)O)c2)SC1=S. The van der Waals surface area contributed by atoms with E-state index in [0.717, 1.165) is 6.42 Å². The maximum absolute atomic E-state index is 12.2. The van der Waals surface area contributed by atoms with E-state index in [-0.39, 0.29) is 11.5 Å². The first-order valence-electron chi connectivity index (χ1n) is 6.11. The number of carboxylic acids is 1. The Morgan fingerprint density at radius 1 is 1.50 bits per heavy atom. The summed E-state index contributed by atoms with van der Waals surface area (Å²) in [5.41, 5.74) is 0.879. The second kappa shape index (κ2) is 6.19. The second-order valence-corrected chi connectivity index (χ2v) is 5.94. The molecule has 1 amide bonds. The molecule has 1 aromatic carbocycles. The molecular formula is C14H13NO3S2. The van der Waals surface area contributed by atoms with Crippen molar-refractivity contribution in [3.8, 4) is 0 Å². The normalized spacial score (nSPS) is 17.1. The Labute approximate surface area is 126 Å². The molecule has 0 saturated carbocycles. The second-order valence-electron chi connectivity index (χ2n) is 4.26. The predicted octanol–water partition coefficient (Wildman–Crippen LogP) is 3.00. The van der Waals surface area contributed by atoms with Crippen LogP contribution in [-0.4, -0.2) is 32.7 Å². The number of carbonyl (C=O) groups is 2. The van der Waals surface area contributed by atoms with Gasteiger partial charge in [0, 0.05) is 6.54 Å². The molecule has 2 rings (SSSR count). The molecule has 1 aliphatic rings. The van der Waals surface area contributed by atoms with Gasteiger partial charge in [0.05, 0.1) is 10.5 Å². The third-order valence-electron chi connectivity index (χ3n) is 2.75. The number of aromatic carboxylic acids is 1. The summed E-state index contributed by atoms with van der Waals surface area (Å²) in [4.78, 5) is 25.2. The van der Waals surface area contributed by atoms with Gasteiger partial charge in [-0.2, -0.15) is 0 Å². The zero-order valence-corrected chi connectivity index (χ0v) is 12.5. The van der Waals surface area contributed by atoms with E-state index in [4.69, 9.17) is 17.3 Å².